The van der Waals surface area contributed by atoms with Crippen molar-refractivity contribution in [2.45, 2.75) is 0 Å². The lowest BCUT2D eigenvalue weighted by molar-refractivity contribution is 0.414. The van der Waals surface area contributed by atoms with Crippen molar-refractivity contribution in [3.8, 4) is 11.8 Å². The third kappa shape index (κ3) is 3.33. The summed E-state index contributed by atoms with van der Waals surface area (Å²) in [4.78, 5) is 0. The summed E-state index contributed by atoms with van der Waals surface area (Å²) in [6, 6.07) is 14.5. The number of nitrogens with zero attached hydrogens (tertiary/aromatic N) is 1. The summed E-state index contributed by atoms with van der Waals surface area (Å²) in [6.07, 6.45) is 1.74. The van der Waals surface area contributed by atoms with Crippen LogP contribution in [-0.4, -0.2) is 7.11 Å². The number of ether oxygens (including phenoxy) is 1. The minimum Gasteiger partial charge on any atom is -0.496 e. The summed E-state index contributed by atoms with van der Waals surface area (Å²) in [5.74, 6) is 0.663. The Labute approximate surface area is 127 Å². The summed E-state index contributed by atoms with van der Waals surface area (Å²) in [6.45, 7) is 0. The van der Waals surface area contributed by atoms with Gasteiger partial charge in [-0.05, 0) is 42.0 Å². The van der Waals surface area contributed by atoms with Crippen molar-refractivity contribution in [3.05, 3.63) is 63.6 Å². The SMILES string of the molecule is COc1ccc(Cl)cc1/C=C(/C#N)c1ccc(Cl)cc1. The van der Waals surface area contributed by atoms with Crippen LogP contribution in [0.3, 0.4) is 0 Å². The van der Waals surface area contributed by atoms with Gasteiger partial charge in [-0.1, -0.05) is 35.3 Å². The molecule has 0 aromatic heterocycles. The number of methoxy groups -OCH3 is 1. The molecule has 0 N–H and O–H groups in total. The summed E-state index contributed by atoms with van der Waals surface area (Å²) in [7, 11) is 1.58. The zero-order valence-corrected chi connectivity index (χ0v) is 12.2. The molecule has 0 atom stereocenters. The Kier molecular flexibility index (Phi) is 4.68. The molecule has 0 spiro atoms. The van der Waals surface area contributed by atoms with Crippen molar-refractivity contribution < 1.29 is 4.74 Å². The summed E-state index contributed by atoms with van der Waals surface area (Å²) < 4.78 is 5.27. The van der Waals surface area contributed by atoms with Crippen molar-refractivity contribution in [2.24, 2.45) is 0 Å². The van der Waals surface area contributed by atoms with Crippen molar-refractivity contribution in [1.82, 2.24) is 0 Å². The standard InChI is InChI=1S/C16H11Cl2NO/c1-20-16-7-6-15(18)9-12(16)8-13(10-19)11-2-4-14(17)5-3-11/h2-9H,1H3/b13-8-. The number of rotatable bonds is 3. The summed E-state index contributed by atoms with van der Waals surface area (Å²) >= 11 is 11.8. The topological polar surface area (TPSA) is 33.0 Å². The van der Waals surface area contributed by atoms with Crippen LogP contribution in [0.15, 0.2) is 42.5 Å². The Balaban J connectivity index is 2.49. The van der Waals surface area contributed by atoms with Crippen LogP contribution < -0.4 is 4.74 Å². The van der Waals surface area contributed by atoms with Crippen molar-refractivity contribution >= 4 is 34.9 Å². The van der Waals surface area contributed by atoms with Gasteiger partial charge in [0, 0.05) is 15.6 Å². The number of hydrogen-bond acceptors (Lipinski definition) is 2. The molecular formula is C16H11Cl2NO. The summed E-state index contributed by atoms with van der Waals surface area (Å²) in [5.41, 5.74) is 2.06. The fraction of sp³-hybridized carbons (Fsp3) is 0.0625. The maximum Gasteiger partial charge on any atom is 0.126 e. The fourth-order valence-corrected chi connectivity index (χ4v) is 2.09. The molecule has 0 saturated carbocycles. The van der Waals surface area contributed by atoms with Crippen LogP contribution in [-0.2, 0) is 0 Å². The predicted molar refractivity (Wildman–Crippen MR) is 82.9 cm³/mol. The molecule has 0 aliphatic carbocycles. The maximum atomic E-state index is 9.32. The highest BCUT2D eigenvalue weighted by Gasteiger charge is 2.05. The lowest BCUT2D eigenvalue weighted by Gasteiger charge is -2.06. The van der Waals surface area contributed by atoms with Crippen LogP contribution >= 0.6 is 23.2 Å². The van der Waals surface area contributed by atoms with E-state index in [1.165, 1.54) is 0 Å². The number of nitriles is 1. The average Bonchev–Trinajstić information content (AvgIpc) is 2.46. The van der Waals surface area contributed by atoms with E-state index in [9.17, 15) is 5.26 Å². The highest BCUT2D eigenvalue weighted by molar-refractivity contribution is 6.31. The molecule has 0 unspecified atom stereocenters. The molecule has 0 saturated heterocycles. The highest BCUT2D eigenvalue weighted by Crippen LogP contribution is 2.27. The quantitative estimate of drug-likeness (QED) is 0.586. The zero-order valence-electron chi connectivity index (χ0n) is 10.7. The first-order valence-electron chi connectivity index (χ1n) is 5.85. The first-order valence-corrected chi connectivity index (χ1v) is 6.61. The highest BCUT2D eigenvalue weighted by atomic mass is 35.5. The third-order valence-corrected chi connectivity index (χ3v) is 3.25. The smallest absolute Gasteiger partial charge is 0.126 e. The lowest BCUT2D eigenvalue weighted by atomic mass is 10.0. The van der Waals surface area contributed by atoms with Gasteiger partial charge in [0.2, 0.25) is 0 Å². The first kappa shape index (κ1) is 14.5. The second kappa shape index (κ2) is 6.47. The monoisotopic (exact) mass is 303 g/mol. The minimum absolute atomic E-state index is 0.516. The Morgan fingerprint density at radius 3 is 2.35 bits per heavy atom. The van der Waals surface area contributed by atoms with E-state index in [-0.39, 0.29) is 0 Å². The Morgan fingerprint density at radius 1 is 1.10 bits per heavy atom. The molecule has 0 heterocycles. The second-order valence-electron chi connectivity index (χ2n) is 4.06. The molecule has 0 aliphatic rings. The number of allylic oxidation sites excluding steroid dienone is 1. The van der Waals surface area contributed by atoms with Gasteiger partial charge in [0.1, 0.15) is 5.75 Å². The Morgan fingerprint density at radius 2 is 1.75 bits per heavy atom. The molecule has 0 aliphatic heterocycles. The molecule has 2 aromatic carbocycles. The van der Waals surface area contributed by atoms with Gasteiger partial charge in [0.25, 0.3) is 0 Å². The van der Waals surface area contributed by atoms with Gasteiger partial charge in [-0.15, -0.1) is 0 Å². The van der Waals surface area contributed by atoms with Crippen molar-refractivity contribution in [1.29, 1.82) is 5.26 Å². The molecule has 0 fully saturated rings. The predicted octanol–water partition coefficient (Wildman–Crippen LogP) is 5.07. The number of halogens is 2. The van der Waals surface area contributed by atoms with E-state index in [2.05, 4.69) is 6.07 Å². The molecule has 0 radical (unpaired) electrons. The number of benzene rings is 2. The fourth-order valence-electron chi connectivity index (χ4n) is 1.78. The van der Waals surface area contributed by atoms with Gasteiger partial charge >= 0.3 is 0 Å². The molecule has 0 amide bonds. The van der Waals surface area contributed by atoms with E-state index in [0.29, 0.717) is 21.4 Å². The van der Waals surface area contributed by atoms with Crippen LogP contribution in [0.2, 0.25) is 10.0 Å². The molecule has 2 nitrogen and oxygen atoms in total. The molecular weight excluding hydrogens is 293 g/mol. The van der Waals surface area contributed by atoms with E-state index >= 15 is 0 Å². The van der Waals surface area contributed by atoms with E-state index in [0.717, 1.165) is 11.1 Å². The second-order valence-corrected chi connectivity index (χ2v) is 4.94. The minimum atomic E-state index is 0.516. The van der Waals surface area contributed by atoms with Crippen molar-refractivity contribution in [3.63, 3.8) is 0 Å². The van der Waals surface area contributed by atoms with Gasteiger partial charge in [-0.25, -0.2) is 0 Å². The van der Waals surface area contributed by atoms with Crippen LogP contribution in [0, 0.1) is 11.3 Å². The van der Waals surface area contributed by atoms with Gasteiger partial charge < -0.3 is 4.74 Å². The van der Waals surface area contributed by atoms with E-state index in [1.54, 1.807) is 55.7 Å². The molecule has 100 valence electrons. The summed E-state index contributed by atoms with van der Waals surface area (Å²) in [5, 5.41) is 10.5. The molecule has 4 heteroatoms. The van der Waals surface area contributed by atoms with E-state index in [1.807, 2.05) is 0 Å². The largest absolute Gasteiger partial charge is 0.496 e. The van der Waals surface area contributed by atoms with Crippen LogP contribution in [0.4, 0.5) is 0 Å². The van der Waals surface area contributed by atoms with Gasteiger partial charge in [0.05, 0.1) is 18.8 Å². The lowest BCUT2D eigenvalue weighted by Crippen LogP contribution is -1.88. The molecule has 0 bridgehead atoms. The van der Waals surface area contributed by atoms with Gasteiger partial charge in [0.15, 0.2) is 0 Å². The average molecular weight is 304 g/mol. The molecule has 2 aromatic rings. The third-order valence-electron chi connectivity index (χ3n) is 2.77. The van der Waals surface area contributed by atoms with Crippen LogP contribution in [0.25, 0.3) is 11.6 Å². The zero-order chi connectivity index (χ0) is 14.5. The van der Waals surface area contributed by atoms with E-state index in [4.69, 9.17) is 27.9 Å². The molecule has 20 heavy (non-hydrogen) atoms. The van der Waals surface area contributed by atoms with Crippen molar-refractivity contribution in [2.75, 3.05) is 7.11 Å². The first-order chi connectivity index (χ1) is 9.63. The Hall–Kier alpha value is -1.95. The molecule has 2 rings (SSSR count). The van der Waals surface area contributed by atoms with Crippen LogP contribution in [0.5, 0.6) is 5.75 Å². The van der Waals surface area contributed by atoms with Gasteiger partial charge in [-0.3, -0.25) is 0 Å². The Bertz CT molecular complexity index is 685. The maximum absolute atomic E-state index is 9.32. The number of hydrogen-bond donors (Lipinski definition) is 0. The van der Waals surface area contributed by atoms with Crippen LogP contribution in [0.1, 0.15) is 11.1 Å². The van der Waals surface area contributed by atoms with E-state index < -0.39 is 0 Å². The normalized spacial score (nSPS) is 11.0. The van der Waals surface area contributed by atoms with Gasteiger partial charge in [-0.2, -0.15) is 5.26 Å².